The summed E-state index contributed by atoms with van der Waals surface area (Å²) < 4.78 is 19.3. The molecule has 18 heavy (non-hydrogen) atoms. The minimum Gasteiger partial charge on any atom is -0.466 e. The van der Waals surface area contributed by atoms with Gasteiger partial charge in [-0.25, -0.2) is 9.59 Å². The van der Waals surface area contributed by atoms with Gasteiger partial charge in [0.1, 0.15) is 5.57 Å². The number of ether oxygens (including phenoxy) is 4. The fourth-order valence-electron chi connectivity index (χ4n) is 1.81. The highest BCUT2D eigenvalue weighted by molar-refractivity contribution is 6.12. The van der Waals surface area contributed by atoms with E-state index in [4.69, 9.17) is 9.47 Å². The molecule has 2 rings (SSSR count). The Bertz CT molecular complexity index is 488. The van der Waals surface area contributed by atoms with Gasteiger partial charge in [-0.2, -0.15) is 0 Å². The Kier molecular flexibility index (Phi) is 2.92. The third kappa shape index (κ3) is 1.52. The number of rotatable bonds is 2. The summed E-state index contributed by atoms with van der Waals surface area (Å²) in [7, 11) is 2.29. The first-order valence-electron chi connectivity index (χ1n) is 5.00. The van der Waals surface area contributed by atoms with Crippen molar-refractivity contribution in [1.82, 2.24) is 0 Å². The van der Waals surface area contributed by atoms with Gasteiger partial charge in [0.2, 0.25) is 5.78 Å². The average Bonchev–Trinajstić information content (AvgIpc) is 2.94. The van der Waals surface area contributed by atoms with E-state index in [9.17, 15) is 14.4 Å². The van der Waals surface area contributed by atoms with Gasteiger partial charge in [0.25, 0.3) is 0 Å². The van der Waals surface area contributed by atoms with Gasteiger partial charge >= 0.3 is 17.7 Å². The van der Waals surface area contributed by atoms with E-state index in [1.165, 1.54) is 0 Å². The molecule has 0 aromatic heterocycles. The van der Waals surface area contributed by atoms with Crippen LogP contribution in [0.3, 0.4) is 0 Å². The van der Waals surface area contributed by atoms with Crippen molar-refractivity contribution in [2.75, 3.05) is 20.8 Å². The highest BCUT2D eigenvalue weighted by atomic mass is 16.7. The van der Waals surface area contributed by atoms with Crippen LogP contribution in [0.1, 0.15) is 0 Å². The third-order valence-corrected chi connectivity index (χ3v) is 2.65. The maximum absolute atomic E-state index is 11.8. The van der Waals surface area contributed by atoms with Gasteiger partial charge in [0.15, 0.2) is 0 Å². The predicted octanol–water partition coefficient (Wildman–Crippen LogP) is -0.532. The molecule has 0 N–H and O–H groups in total. The molecule has 1 unspecified atom stereocenters. The molecule has 1 spiro atoms. The first-order chi connectivity index (χ1) is 8.56. The van der Waals surface area contributed by atoms with E-state index in [1.54, 1.807) is 0 Å². The molecule has 0 saturated carbocycles. The van der Waals surface area contributed by atoms with Crippen LogP contribution < -0.4 is 0 Å². The van der Waals surface area contributed by atoms with E-state index in [1.807, 2.05) is 0 Å². The van der Waals surface area contributed by atoms with Crippen LogP contribution in [0.2, 0.25) is 0 Å². The van der Waals surface area contributed by atoms with Gasteiger partial charge in [-0.15, -0.1) is 0 Å². The number of hydrogen-bond acceptors (Lipinski definition) is 7. The Morgan fingerprint density at radius 3 is 2.44 bits per heavy atom. The molecule has 1 atom stereocenters. The van der Waals surface area contributed by atoms with E-state index in [2.05, 4.69) is 9.47 Å². The molecule has 0 bridgehead atoms. The molecule has 0 radical (unpaired) electrons. The first-order valence-corrected chi connectivity index (χ1v) is 5.00. The molecule has 0 amide bonds. The molecule has 2 aliphatic rings. The Morgan fingerprint density at radius 2 is 1.94 bits per heavy atom. The number of esters is 2. The standard InChI is InChI=1S/C11H10O7/c1-15-9(13)6-5-18-11(7(12)3-4-17-11)8(6)10(14)16-2/h3-4H,5H2,1-2H3. The van der Waals surface area contributed by atoms with E-state index >= 15 is 0 Å². The van der Waals surface area contributed by atoms with Gasteiger partial charge < -0.3 is 18.9 Å². The Morgan fingerprint density at radius 1 is 1.28 bits per heavy atom. The second kappa shape index (κ2) is 4.26. The van der Waals surface area contributed by atoms with Gasteiger partial charge in [0.05, 0.1) is 32.7 Å². The van der Waals surface area contributed by atoms with Crippen molar-refractivity contribution in [3.8, 4) is 0 Å². The van der Waals surface area contributed by atoms with Crippen LogP contribution in [0.5, 0.6) is 0 Å². The van der Waals surface area contributed by atoms with Gasteiger partial charge in [-0.05, 0) is 0 Å². The zero-order valence-corrected chi connectivity index (χ0v) is 9.72. The van der Waals surface area contributed by atoms with Gasteiger partial charge in [0, 0.05) is 6.08 Å². The molecular weight excluding hydrogens is 244 g/mol. The summed E-state index contributed by atoms with van der Waals surface area (Å²) in [6.45, 7) is -0.259. The summed E-state index contributed by atoms with van der Waals surface area (Å²) in [6, 6.07) is 0. The predicted molar refractivity (Wildman–Crippen MR) is 55.0 cm³/mol. The smallest absolute Gasteiger partial charge is 0.341 e. The molecule has 2 heterocycles. The quantitative estimate of drug-likeness (QED) is 0.612. The molecule has 96 valence electrons. The molecule has 0 fully saturated rings. The van der Waals surface area contributed by atoms with Crippen molar-refractivity contribution in [2.24, 2.45) is 0 Å². The minimum absolute atomic E-state index is 0.0820. The van der Waals surface area contributed by atoms with E-state index in [0.29, 0.717) is 0 Å². The van der Waals surface area contributed by atoms with Crippen molar-refractivity contribution in [3.63, 3.8) is 0 Å². The monoisotopic (exact) mass is 254 g/mol. The maximum atomic E-state index is 11.8. The third-order valence-electron chi connectivity index (χ3n) is 2.65. The highest BCUT2D eigenvalue weighted by Crippen LogP contribution is 2.38. The largest absolute Gasteiger partial charge is 0.466 e. The summed E-state index contributed by atoms with van der Waals surface area (Å²) in [5.41, 5.74) is -0.353. The highest BCUT2D eigenvalue weighted by Gasteiger charge is 2.57. The molecule has 0 aromatic rings. The van der Waals surface area contributed by atoms with E-state index in [0.717, 1.165) is 26.6 Å². The van der Waals surface area contributed by atoms with E-state index in [-0.39, 0.29) is 17.8 Å². The van der Waals surface area contributed by atoms with Crippen molar-refractivity contribution in [3.05, 3.63) is 23.5 Å². The number of carbonyl (C=O) groups excluding carboxylic acids is 3. The molecule has 0 aliphatic carbocycles. The van der Waals surface area contributed by atoms with Crippen molar-refractivity contribution < 1.29 is 33.3 Å². The fraction of sp³-hybridized carbons (Fsp3) is 0.364. The normalized spacial score (nSPS) is 25.6. The van der Waals surface area contributed by atoms with Crippen LogP contribution in [0.25, 0.3) is 0 Å². The van der Waals surface area contributed by atoms with E-state index < -0.39 is 23.5 Å². The second-order valence-electron chi connectivity index (χ2n) is 3.53. The van der Waals surface area contributed by atoms with Gasteiger partial charge in [-0.1, -0.05) is 0 Å². The lowest BCUT2D eigenvalue weighted by atomic mass is 9.99. The van der Waals surface area contributed by atoms with Crippen LogP contribution in [0, 0.1) is 0 Å². The van der Waals surface area contributed by atoms with Crippen LogP contribution in [-0.2, 0) is 33.3 Å². The van der Waals surface area contributed by atoms with Crippen molar-refractivity contribution in [1.29, 1.82) is 0 Å². The number of ketones is 1. The molecule has 7 nitrogen and oxygen atoms in total. The molecular formula is C11H10O7. The Hall–Kier alpha value is -2.15. The van der Waals surface area contributed by atoms with Crippen molar-refractivity contribution >= 4 is 17.7 Å². The van der Waals surface area contributed by atoms with Gasteiger partial charge in [-0.3, -0.25) is 4.79 Å². The Balaban J connectivity index is 2.52. The fourth-order valence-corrected chi connectivity index (χ4v) is 1.81. The molecule has 2 aliphatic heterocycles. The summed E-state index contributed by atoms with van der Waals surface area (Å²) >= 11 is 0. The SMILES string of the molecule is COC(=O)C1=C(C(=O)OC)C2(OC=CC2=O)OC1. The van der Waals surface area contributed by atoms with Crippen LogP contribution in [0.15, 0.2) is 23.5 Å². The number of hydrogen-bond donors (Lipinski definition) is 0. The second-order valence-corrected chi connectivity index (χ2v) is 3.53. The topological polar surface area (TPSA) is 88.1 Å². The number of carbonyl (C=O) groups is 3. The molecule has 0 saturated heterocycles. The zero-order valence-electron chi connectivity index (χ0n) is 9.72. The summed E-state index contributed by atoms with van der Waals surface area (Å²) in [4.78, 5) is 35.0. The maximum Gasteiger partial charge on any atom is 0.341 e. The first kappa shape index (κ1) is 12.3. The summed E-state index contributed by atoms with van der Waals surface area (Å²) in [5.74, 6) is -4.13. The molecule has 7 heteroatoms. The minimum atomic E-state index is -1.91. The van der Waals surface area contributed by atoms with Crippen LogP contribution >= 0.6 is 0 Å². The zero-order chi connectivity index (χ0) is 13.3. The average molecular weight is 254 g/mol. The number of methoxy groups -OCH3 is 2. The van der Waals surface area contributed by atoms with Crippen LogP contribution in [-0.4, -0.2) is 44.3 Å². The van der Waals surface area contributed by atoms with Crippen LogP contribution in [0.4, 0.5) is 0 Å². The lowest BCUT2D eigenvalue weighted by Gasteiger charge is -2.22. The lowest BCUT2D eigenvalue weighted by molar-refractivity contribution is -0.174. The van der Waals surface area contributed by atoms with Crippen molar-refractivity contribution in [2.45, 2.75) is 5.79 Å². The molecule has 0 aromatic carbocycles. The lowest BCUT2D eigenvalue weighted by Crippen LogP contribution is -2.41. The Labute approximate surface area is 102 Å². The summed E-state index contributed by atoms with van der Waals surface area (Å²) in [5, 5.41) is 0. The summed E-state index contributed by atoms with van der Waals surface area (Å²) in [6.07, 6.45) is 2.22.